The molecule has 2 N–H and O–H groups in total. The fourth-order valence-corrected chi connectivity index (χ4v) is 5.09. The maximum atomic E-state index is 12.4. The van der Waals surface area contributed by atoms with Crippen LogP contribution in [0, 0.1) is 5.92 Å². The van der Waals surface area contributed by atoms with E-state index in [-0.39, 0.29) is 4.99 Å². The number of fused-ring (bicyclic) bond motifs is 1. The van der Waals surface area contributed by atoms with Crippen LogP contribution in [0.2, 0.25) is 0 Å². The van der Waals surface area contributed by atoms with Gasteiger partial charge in [-0.15, -0.1) is 0 Å². The number of rotatable bonds is 3. The predicted octanol–water partition coefficient (Wildman–Crippen LogP) is 0.407. The van der Waals surface area contributed by atoms with Gasteiger partial charge in [-0.2, -0.15) is 0 Å². The second-order valence-electron chi connectivity index (χ2n) is 5.69. The van der Waals surface area contributed by atoms with Crippen molar-refractivity contribution < 1.29 is 8.42 Å². The molecule has 2 rings (SSSR count). The number of sulfonamides is 1. The van der Waals surface area contributed by atoms with E-state index in [1.54, 1.807) is 11.2 Å². The van der Waals surface area contributed by atoms with E-state index in [0.29, 0.717) is 25.0 Å². The predicted molar refractivity (Wildman–Crippen MR) is 80.5 cm³/mol. The Labute approximate surface area is 121 Å². The molecule has 0 aliphatic carbocycles. The lowest BCUT2D eigenvalue weighted by Gasteiger charge is -2.45. The van der Waals surface area contributed by atoms with Crippen molar-refractivity contribution in [2.45, 2.75) is 37.5 Å². The highest BCUT2D eigenvalue weighted by atomic mass is 32.2. The molecular weight excluding hydrogens is 282 g/mol. The molecule has 0 saturated carbocycles. The normalized spacial score (nSPS) is 31.7. The van der Waals surface area contributed by atoms with E-state index in [1.165, 1.54) is 0 Å². The fraction of sp³-hybridized carbons (Fsp3) is 0.917. The molecule has 2 fully saturated rings. The van der Waals surface area contributed by atoms with Gasteiger partial charge in [0.2, 0.25) is 10.0 Å². The van der Waals surface area contributed by atoms with Gasteiger partial charge in [0.05, 0.1) is 4.99 Å². The highest BCUT2D eigenvalue weighted by molar-refractivity contribution is 7.92. The highest BCUT2D eigenvalue weighted by Gasteiger charge is 2.40. The second-order valence-corrected chi connectivity index (χ2v) is 8.41. The van der Waals surface area contributed by atoms with Gasteiger partial charge >= 0.3 is 0 Å². The van der Waals surface area contributed by atoms with E-state index < -0.39 is 15.3 Å². The maximum absolute atomic E-state index is 12.4. The van der Waals surface area contributed by atoms with Gasteiger partial charge in [-0.3, -0.25) is 0 Å². The van der Waals surface area contributed by atoms with Crippen LogP contribution in [-0.4, -0.2) is 60.6 Å². The van der Waals surface area contributed by atoms with Gasteiger partial charge in [-0.25, -0.2) is 12.7 Å². The highest BCUT2D eigenvalue weighted by Crippen LogP contribution is 2.31. The van der Waals surface area contributed by atoms with Gasteiger partial charge in [0.1, 0.15) is 5.25 Å². The summed E-state index contributed by atoms with van der Waals surface area (Å²) >= 11 is 4.83. The molecule has 7 heteroatoms. The van der Waals surface area contributed by atoms with Crippen LogP contribution in [0.1, 0.15) is 26.2 Å². The third-order valence-corrected chi connectivity index (χ3v) is 7.22. The van der Waals surface area contributed by atoms with E-state index in [0.717, 1.165) is 25.8 Å². The molecule has 0 aromatic carbocycles. The average molecular weight is 305 g/mol. The maximum Gasteiger partial charge on any atom is 0.223 e. The largest absolute Gasteiger partial charge is 0.392 e. The summed E-state index contributed by atoms with van der Waals surface area (Å²) < 4.78 is 26.5. The van der Waals surface area contributed by atoms with Gasteiger partial charge in [-0.05, 0) is 45.7 Å². The van der Waals surface area contributed by atoms with Crippen LogP contribution in [0.25, 0.3) is 0 Å². The van der Waals surface area contributed by atoms with Crippen molar-refractivity contribution in [1.82, 2.24) is 9.21 Å². The lowest BCUT2D eigenvalue weighted by atomic mass is 9.85. The monoisotopic (exact) mass is 305 g/mol. The summed E-state index contributed by atoms with van der Waals surface area (Å²) in [6.07, 6.45) is 3.17. The molecule has 0 radical (unpaired) electrons. The molecule has 0 aromatic heterocycles. The summed E-state index contributed by atoms with van der Waals surface area (Å²) in [7, 11) is -1.24. The van der Waals surface area contributed by atoms with Crippen LogP contribution in [0.3, 0.4) is 0 Å². The Kier molecular flexibility index (Phi) is 4.49. The molecule has 0 aromatic rings. The summed E-state index contributed by atoms with van der Waals surface area (Å²) in [5.74, 6) is 0.445. The van der Waals surface area contributed by atoms with Crippen LogP contribution < -0.4 is 5.73 Å². The molecule has 3 atom stereocenters. The Bertz CT molecular complexity index is 452. The fourth-order valence-electron chi connectivity index (χ4n) is 3.22. The Morgan fingerprint density at radius 2 is 2.05 bits per heavy atom. The smallest absolute Gasteiger partial charge is 0.223 e. The topological polar surface area (TPSA) is 66.6 Å². The first-order chi connectivity index (χ1) is 8.84. The Morgan fingerprint density at radius 3 is 2.68 bits per heavy atom. The molecule has 0 bridgehead atoms. The van der Waals surface area contributed by atoms with Crippen LogP contribution in [-0.2, 0) is 10.0 Å². The molecule has 2 aliphatic heterocycles. The van der Waals surface area contributed by atoms with Crippen molar-refractivity contribution in [1.29, 1.82) is 0 Å². The molecule has 2 saturated heterocycles. The van der Waals surface area contributed by atoms with E-state index in [4.69, 9.17) is 18.0 Å². The molecule has 3 unspecified atom stereocenters. The Hall–Kier alpha value is -0.240. The second kappa shape index (κ2) is 5.63. The van der Waals surface area contributed by atoms with E-state index >= 15 is 0 Å². The summed E-state index contributed by atoms with van der Waals surface area (Å²) in [6.45, 7) is 3.90. The van der Waals surface area contributed by atoms with E-state index in [2.05, 4.69) is 11.9 Å². The Balaban J connectivity index is 2.10. The van der Waals surface area contributed by atoms with Crippen molar-refractivity contribution in [3.05, 3.63) is 0 Å². The van der Waals surface area contributed by atoms with Crippen molar-refractivity contribution >= 4 is 27.2 Å². The van der Waals surface area contributed by atoms with Crippen LogP contribution in [0.5, 0.6) is 0 Å². The van der Waals surface area contributed by atoms with Crippen LogP contribution in [0.4, 0.5) is 0 Å². The number of thiocarbonyl (C=S) groups is 1. The molecule has 19 heavy (non-hydrogen) atoms. The van der Waals surface area contributed by atoms with Gasteiger partial charge in [0.25, 0.3) is 0 Å². The molecule has 0 amide bonds. The zero-order chi connectivity index (χ0) is 14.2. The van der Waals surface area contributed by atoms with Gasteiger partial charge < -0.3 is 10.6 Å². The molecule has 2 aliphatic rings. The zero-order valence-electron chi connectivity index (χ0n) is 11.6. The van der Waals surface area contributed by atoms with Crippen molar-refractivity contribution in [3.8, 4) is 0 Å². The lowest BCUT2D eigenvalue weighted by Crippen LogP contribution is -2.55. The summed E-state index contributed by atoms with van der Waals surface area (Å²) in [6, 6.07) is 0.528. The number of hydrogen-bond donors (Lipinski definition) is 1. The first-order valence-electron chi connectivity index (χ1n) is 6.82. The molecule has 2 heterocycles. The minimum Gasteiger partial charge on any atom is -0.392 e. The molecule has 0 spiro atoms. The summed E-state index contributed by atoms with van der Waals surface area (Å²) in [4.78, 5) is 2.43. The van der Waals surface area contributed by atoms with Gasteiger partial charge in [0.15, 0.2) is 0 Å². The minimum absolute atomic E-state index is 0.0582. The van der Waals surface area contributed by atoms with Gasteiger partial charge in [-0.1, -0.05) is 12.2 Å². The first kappa shape index (κ1) is 15.2. The van der Waals surface area contributed by atoms with Crippen molar-refractivity contribution in [2.24, 2.45) is 11.7 Å². The van der Waals surface area contributed by atoms with Crippen LogP contribution in [0.15, 0.2) is 0 Å². The number of likely N-dealkylation sites (tertiary alicyclic amines) is 1. The number of hydrogen-bond acceptors (Lipinski definition) is 4. The van der Waals surface area contributed by atoms with E-state index in [9.17, 15) is 8.42 Å². The third kappa shape index (κ3) is 2.94. The number of piperidine rings is 2. The lowest BCUT2D eigenvalue weighted by molar-refractivity contribution is 0.0670. The quantitative estimate of drug-likeness (QED) is 0.765. The molecule has 110 valence electrons. The van der Waals surface area contributed by atoms with Crippen LogP contribution >= 0.6 is 12.2 Å². The third-order valence-electron chi connectivity index (χ3n) is 4.52. The SMILES string of the molecule is CC(C(N)=S)S(=O)(=O)N1CCC2C(CCCN2C)C1. The average Bonchev–Trinajstić information content (AvgIpc) is 2.37. The summed E-state index contributed by atoms with van der Waals surface area (Å²) in [5.41, 5.74) is 5.50. The van der Waals surface area contributed by atoms with Crippen molar-refractivity contribution in [3.63, 3.8) is 0 Å². The first-order valence-corrected chi connectivity index (χ1v) is 8.73. The van der Waals surface area contributed by atoms with E-state index in [1.807, 2.05) is 0 Å². The van der Waals surface area contributed by atoms with Crippen molar-refractivity contribution in [2.75, 3.05) is 26.7 Å². The molecular formula is C12H23N3O2S2. The standard InChI is InChI=1S/C12H23N3O2S2/c1-9(12(13)18)19(16,17)15-7-5-11-10(8-15)4-3-6-14(11)2/h9-11H,3-8H2,1-2H3,(H2,13,18). The summed E-state index contributed by atoms with van der Waals surface area (Å²) in [5, 5.41) is -0.764. The van der Waals surface area contributed by atoms with Gasteiger partial charge in [0, 0.05) is 19.1 Å². The number of nitrogens with zero attached hydrogens (tertiary/aromatic N) is 2. The Morgan fingerprint density at radius 1 is 1.37 bits per heavy atom. The zero-order valence-corrected chi connectivity index (χ0v) is 13.2. The number of nitrogens with two attached hydrogens (primary N) is 1. The minimum atomic E-state index is -3.38. The molecule has 5 nitrogen and oxygen atoms in total.